The highest BCUT2D eigenvalue weighted by Crippen LogP contribution is 2.32. The maximum Gasteiger partial charge on any atom is 0.325 e. The molecular weight excluding hydrogens is 400 g/mol. The molecule has 0 radical (unpaired) electrons. The van der Waals surface area contributed by atoms with Crippen LogP contribution in [0.25, 0.3) is 6.08 Å². The van der Waals surface area contributed by atoms with Gasteiger partial charge in [-0.3, -0.25) is 24.1 Å². The maximum atomic E-state index is 12.3. The van der Waals surface area contributed by atoms with Crippen molar-refractivity contribution < 1.29 is 24.3 Å². The average molecular weight is 413 g/mol. The second-order valence-electron chi connectivity index (χ2n) is 4.95. The highest BCUT2D eigenvalue weighted by molar-refractivity contribution is 9.10. The number of rotatable bonds is 5. The van der Waals surface area contributed by atoms with Crippen LogP contribution in [0.4, 0.5) is 4.79 Å². The highest BCUT2D eigenvalue weighted by atomic mass is 79.9. The molecule has 1 aromatic rings. The van der Waals surface area contributed by atoms with E-state index in [0.717, 1.165) is 26.7 Å². The molecule has 9 heteroatoms. The van der Waals surface area contributed by atoms with Crippen molar-refractivity contribution >= 4 is 56.8 Å². The van der Waals surface area contributed by atoms with Crippen LogP contribution >= 0.6 is 27.7 Å². The smallest absolute Gasteiger partial charge is 0.325 e. The van der Waals surface area contributed by atoms with Gasteiger partial charge in [-0.25, -0.2) is 0 Å². The summed E-state index contributed by atoms with van der Waals surface area (Å²) in [6.45, 7) is 0.777. The molecule has 24 heavy (non-hydrogen) atoms. The lowest BCUT2D eigenvalue weighted by molar-refractivity contribution is -0.141. The number of carbonyl (C=O) groups is 4. The minimum absolute atomic E-state index is 0.206. The molecule has 2 N–H and O–H groups in total. The van der Waals surface area contributed by atoms with Gasteiger partial charge < -0.3 is 10.4 Å². The number of nitrogens with zero attached hydrogens (tertiary/aromatic N) is 1. The SMILES string of the molecule is CC(NC(=O)CN1C(=O)S/C(=C\c2cccc(Br)c2)C1=O)C(=O)O. The van der Waals surface area contributed by atoms with E-state index in [9.17, 15) is 19.2 Å². The van der Waals surface area contributed by atoms with Crippen molar-refractivity contribution in [2.24, 2.45) is 0 Å². The second-order valence-corrected chi connectivity index (χ2v) is 6.86. The molecule has 1 saturated heterocycles. The van der Waals surface area contributed by atoms with Crippen LogP contribution in [-0.4, -0.2) is 45.6 Å². The fourth-order valence-electron chi connectivity index (χ4n) is 1.88. The van der Waals surface area contributed by atoms with Gasteiger partial charge in [0.05, 0.1) is 4.91 Å². The molecule has 0 saturated carbocycles. The first-order valence-corrected chi connectivity index (χ1v) is 8.42. The average Bonchev–Trinajstić information content (AvgIpc) is 2.74. The molecular formula is C15H13BrN2O5S. The van der Waals surface area contributed by atoms with Gasteiger partial charge in [0, 0.05) is 4.47 Å². The van der Waals surface area contributed by atoms with Crippen molar-refractivity contribution in [3.63, 3.8) is 0 Å². The zero-order valence-electron chi connectivity index (χ0n) is 12.5. The molecule has 2 rings (SSSR count). The van der Waals surface area contributed by atoms with E-state index in [4.69, 9.17) is 5.11 Å². The summed E-state index contributed by atoms with van der Waals surface area (Å²) in [7, 11) is 0. The largest absolute Gasteiger partial charge is 0.480 e. The number of imide groups is 1. The van der Waals surface area contributed by atoms with E-state index in [1.54, 1.807) is 24.3 Å². The molecule has 1 heterocycles. The second kappa shape index (κ2) is 7.63. The Morgan fingerprint density at radius 3 is 2.75 bits per heavy atom. The summed E-state index contributed by atoms with van der Waals surface area (Å²) in [5.41, 5.74) is 0.735. The van der Waals surface area contributed by atoms with Crippen molar-refractivity contribution in [2.45, 2.75) is 13.0 Å². The number of thioether (sulfide) groups is 1. The molecule has 0 aromatic heterocycles. The zero-order chi connectivity index (χ0) is 17.9. The van der Waals surface area contributed by atoms with E-state index in [0.29, 0.717) is 0 Å². The molecule has 126 valence electrons. The maximum absolute atomic E-state index is 12.3. The number of carbonyl (C=O) groups excluding carboxylic acids is 3. The molecule has 3 amide bonds. The molecule has 1 fully saturated rings. The highest BCUT2D eigenvalue weighted by Gasteiger charge is 2.36. The van der Waals surface area contributed by atoms with Crippen molar-refractivity contribution in [1.82, 2.24) is 10.2 Å². The van der Waals surface area contributed by atoms with Gasteiger partial charge in [-0.2, -0.15) is 0 Å². The van der Waals surface area contributed by atoms with Crippen LogP contribution in [0.5, 0.6) is 0 Å². The van der Waals surface area contributed by atoms with E-state index in [1.165, 1.54) is 6.92 Å². The van der Waals surface area contributed by atoms with Crippen LogP contribution in [0.2, 0.25) is 0 Å². The van der Waals surface area contributed by atoms with Crippen LogP contribution in [0.1, 0.15) is 12.5 Å². The number of amides is 3. The number of hydrogen-bond donors (Lipinski definition) is 2. The standard InChI is InChI=1S/C15H13BrN2O5S/c1-8(14(21)22)17-12(19)7-18-13(20)11(24-15(18)23)6-9-3-2-4-10(16)5-9/h2-6,8H,7H2,1H3,(H,17,19)(H,21,22)/b11-6-. The summed E-state index contributed by atoms with van der Waals surface area (Å²) in [6, 6.07) is 6.09. The molecule has 0 aliphatic carbocycles. The fourth-order valence-corrected chi connectivity index (χ4v) is 3.13. The Morgan fingerprint density at radius 2 is 2.12 bits per heavy atom. The van der Waals surface area contributed by atoms with E-state index in [2.05, 4.69) is 21.2 Å². The van der Waals surface area contributed by atoms with Gasteiger partial charge in [0.15, 0.2) is 0 Å². The van der Waals surface area contributed by atoms with E-state index in [-0.39, 0.29) is 4.91 Å². The Morgan fingerprint density at radius 1 is 1.42 bits per heavy atom. The minimum atomic E-state index is -1.20. The Labute approximate surface area is 150 Å². The lowest BCUT2D eigenvalue weighted by atomic mass is 10.2. The summed E-state index contributed by atoms with van der Waals surface area (Å²) < 4.78 is 0.831. The Hall–Kier alpha value is -2.13. The van der Waals surface area contributed by atoms with Gasteiger partial charge >= 0.3 is 5.97 Å². The number of aliphatic carboxylic acids is 1. The Balaban J connectivity index is 2.09. The summed E-state index contributed by atoms with van der Waals surface area (Å²) in [5.74, 6) is -2.49. The van der Waals surface area contributed by atoms with Gasteiger partial charge in [-0.1, -0.05) is 28.1 Å². The van der Waals surface area contributed by atoms with Crippen molar-refractivity contribution in [3.05, 3.63) is 39.2 Å². The third-order valence-electron chi connectivity index (χ3n) is 3.07. The zero-order valence-corrected chi connectivity index (χ0v) is 14.9. The van der Waals surface area contributed by atoms with Gasteiger partial charge in [-0.05, 0) is 42.5 Å². The molecule has 1 unspecified atom stereocenters. The third-order valence-corrected chi connectivity index (χ3v) is 4.47. The van der Waals surface area contributed by atoms with Crippen molar-refractivity contribution in [1.29, 1.82) is 0 Å². The van der Waals surface area contributed by atoms with Crippen LogP contribution in [-0.2, 0) is 14.4 Å². The third kappa shape index (κ3) is 4.45. The molecule has 1 atom stereocenters. The first kappa shape index (κ1) is 18.2. The van der Waals surface area contributed by atoms with Crippen molar-refractivity contribution in [3.8, 4) is 0 Å². The molecule has 0 bridgehead atoms. The first-order valence-electron chi connectivity index (χ1n) is 6.81. The molecule has 0 spiro atoms. The summed E-state index contributed by atoms with van der Waals surface area (Å²) >= 11 is 4.05. The van der Waals surface area contributed by atoms with Crippen molar-refractivity contribution in [2.75, 3.05) is 6.54 Å². The topological polar surface area (TPSA) is 104 Å². The fraction of sp³-hybridized carbons (Fsp3) is 0.200. The number of benzene rings is 1. The van der Waals surface area contributed by atoms with E-state index < -0.39 is 35.6 Å². The Bertz CT molecular complexity index is 749. The lowest BCUT2D eigenvalue weighted by Crippen LogP contribution is -2.45. The Kier molecular flexibility index (Phi) is 5.79. The summed E-state index contributed by atoms with van der Waals surface area (Å²) in [4.78, 5) is 47.7. The van der Waals surface area contributed by atoms with Gasteiger partial charge in [-0.15, -0.1) is 0 Å². The lowest BCUT2D eigenvalue weighted by Gasteiger charge is -2.14. The number of carboxylic acid groups (broad SMARTS) is 1. The van der Waals surface area contributed by atoms with Gasteiger partial charge in [0.2, 0.25) is 5.91 Å². The number of hydrogen-bond acceptors (Lipinski definition) is 5. The van der Waals surface area contributed by atoms with E-state index in [1.807, 2.05) is 6.07 Å². The van der Waals surface area contributed by atoms with Gasteiger partial charge in [0.25, 0.3) is 11.1 Å². The van der Waals surface area contributed by atoms with Crippen LogP contribution < -0.4 is 5.32 Å². The quantitative estimate of drug-likeness (QED) is 0.717. The van der Waals surface area contributed by atoms with E-state index >= 15 is 0 Å². The van der Waals surface area contributed by atoms with Crippen LogP contribution in [0, 0.1) is 0 Å². The molecule has 1 aliphatic rings. The molecule has 1 aliphatic heterocycles. The number of halogens is 1. The predicted octanol–water partition coefficient (Wildman–Crippen LogP) is 2.07. The first-order chi connectivity index (χ1) is 11.3. The molecule has 7 nitrogen and oxygen atoms in total. The monoisotopic (exact) mass is 412 g/mol. The van der Waals surface area contributed by atoms with Crippen LogP contribution in [0.3, 0.4) is 0 Å². The number of nitrogens with one attached hydrogen (secondary N) is 1. The number of carboxylic acids is 1. The molecule has 1 aromatic carbocycles. The predicted molar refractivity (Wildman–Crippen MR) is 92.1 cm³/mol. The van der Waals surface area contributed by atoms with Crippen LogP contribution in [0.15, 0.2) is 33.6 Å². The summed E-state index contributed by atoms with van der Waals surface area (Å²) in [5, 5.41) is 10.4. The minimum Gasteiger partial charge on any atom is -0.480 e. The van der Waals surface area contributed by atoms with Gasteiger partial charge in [0.1, 0.15) is 12.6 Å². The normalized spacial score (nSPS) is 17.2. The summed E-state index contributed by atoms with van der Waals surface area (Å²) in [6.07, 6.45) is 1.56.